The number of hydrogen-bond donors (Lipinski definition) is 2. The Labute approximate surface area is 94.3 Å². The van der Waals surface area contributed by atoms with Crippen LogP contribution in [-0.4, -0.2) is 11.1 Å². The molecular weight excluding hydrogens is 206 g/mol. The third kappa shape index (κ3) is 3.10. The van der Waals surface area contributed by atoms with E-state index < -0.39 is 5.97 Å². The average molecular weight is 221 g/mol. The Hall–Kier alpha value is -1.81. The van der Waals surface area contributed by atoms with Gasteiger partial charge in [0.25, 0.3) is 0 Å². The monoisotopic (exact) mass is 221 g/mol. The largest absolute Gasteiger partial charge is 0.504 e. The molecule has 4 nitrogen and oxygen atoms in total. The van der Waals surface area contributed by atoms with Crippen LogP contribution in [-0.2, 0) is 4.79 Å². The van der Waals surface area contributed by atoms with Crippen LogP contribution in [0.1, 0.15) is 24.9 Å². The molecular formula is C12H15NO3. The molecule has 0 heterocycles. The third-order valence-corrected chi connectivity index (χ3v) is 2.09. The average Bonchev–Trinajstić information content (AvgIpc) is 2.20. The van der Waals surface area contributed by atoms with E-state index in [1.54, 1.807) is 12.1 Å². The van der Waals surface area contributed by atoms with E-state index in [9.17, 15) is 9.90 Å². The van der Waals surface area contributed by atoms with Gasteiger partial charge in [0.05, 0.1) is 0 Å². The molecule has 0 saturated carbocycles. The highest BCUT2D eigenvalue weighted by atomic mass is 16.5. The maximum absolute atomic E-state index is 10.7. The second-order valence-corrected chi connectivity index (χ2v) is 3.45. The maximum Gasteiger partial charge on any atom is 0.308 e. The van der Waals surface area contributed by atoms with Gasteiger partial charge in [-0.2, -0.15) is 0 Å². The van der Waals surface area contributed by atoms with Crippen LogP contribution in [0.3, 0.4) is 0 Å². The molecule has 16 heavy (non-hydrogen) atoms. The van der Waals surface area contributed by atoms with E-state index >= 15 is 0 Å². The Morgan fingerprint density at radius 1 is 1.69 bits per heavy atom. The summed E-state index contributed by atoms with van der Waals surface area (Å²) in [7, 11) is 0. The minimum atomic E-state index is -0.474. The van der Waals surface area contributed by atoms with Gasteiger partial charge in [-0.15, -0.1) is 6.58 Å². The Morgan fingerprint density at radius 2 is 2.38 bits per heavy atom. The van der Waals surface area contributed by atoms with Crippen molar-refractivity contribution in [3.05, 3.63) is 36.4 Å². The van der Waals surface area contributed by atoms with E-state index in [2.05, 4.69) is 6.58 Å². The van der Waals surface area contributed by atoms with E-state index in [0.29, 0.717) is 6.42 Å². The first kappa shape index (κ1) is 12.3. The molecule has 0 saturated heterocycles. The predicted octanol–water partition coefficient (Wildman–Crippen LogP) is 1.89. The fourth-order valence-electron chi connectivity index (χ4n) is 1.32. The van der Waals surface area contributed by atoms with Crippen LogP contribution in [0.15, 0.2) is 30.9 Å². The van der Waals surface area contributed by atoms with Gasteiger partial charge in [0.2, 0.25) is 0 Å². The number of carbonyl (C=O) groups is 1. The number of phenols is 1. The standard InChI is InChI=1S/C12H15NO3/c1-3-4-10(13)9-5-6-12(11(15)7-9)16-8(2)14/h3,5-7,10,15H,1,4,13H2,2H3/t10-/m1/s1. The van der Waals surface area contributed by atoms with Gasteiger partial charge in [0.1, 0.15) is 0 Å². The van der Waals surface area contributed by atoms with Crippen LogP contribution in [0.5, 0.6) is 11.5 Å². The molecule has 3 N–H and O–H groups in total. The van der Waals surface area contributed by atoms with Gasteiger partial charge in [-0.3, -0.25) is 4.79 Å². The Morgan fingerprint density at radius 3 is 2.88 bits per heavy atom. The van der Waals surface area contributed by atoms with Crippen molar-refractivity contribution >= 4 is 5.97 Å². The normalized spacial score (nSPS) is 11.9. The van der Waals surface area contributed by atoms with Crippen molar-refractivity contribution in [1.29, 1.82) is 0 Å². The second-order valence-electron chi connectivity index (χ2n) is 3.45. The molecule has 1 aromatic carbocycles. The van der Waals surface area contributed by atoms with Crippen molar-refractivity contribution in [3.63, 3.8) is 0 Å². The minimum absolute atomic E-state index is 0.0905. The zero-order valence-electron chi connectivity index (χ0n) is 9.14. The summed E-state index contributed by atoms with van der Waals surface area (Å²) in [5.41, 5.74) is 6.61. The lowest BCUT2D eigenvalue weighted by Crippen LogP contribution is -2.09. The van der Waals surface area contributed by atoms with E-state index in [-0.39, 0.29) is 17.5 Å². The quantitative estimate of drug-likeness (QED) is 0.462. The molecule has 0 spiro atoms. The highest BCUT2D eigenvalue weighted by molar-refractivity contribution is 5.70. The summed E-state index contributed by atoms with van der Waals surface area (Å²) in [4.78, 5) is 10.7. The predicted molar refractivity (Wildman–Crippen MR) is 61.2 cm³/mol. The highest BCUT2D eigenvalue weighted by Gasteiger charge is 2.09. The summed E-state index contributed by atoms with van der Waals surface area (Å²) in [6.45, 7) is 4.87. The number of carbonyl (C=O) groups excluding carboxylic acids is 1. The minimum Gasteiger partial charge on any atom is -0.504 e. The number of esters is 1. The van der Waals surface area contributed by atoms with Crippen molar-refractivity contribution in [2.24, 2.45) is 5.73 Å². The van der Waals surface area contributed by atoms with Gasteiger partial charge in [-0.05, 0) is 24.1 Å². The van der Waals surface area contributed by atoms with Crippen LogP contribution >= 0.6 is 0 Å². The first-order valence-corrected chi connectivity index (χ1v) is 4.92. The lowest BCUT2D eigenvalue weighted by atomic mass is 10.0. The molecule has 86 valence electrons. The Kier molecular flexibility index (Phi) is 4.08. The smallest absolute Gasteiger partial charge is 0.308 e. The molecule has 0 aromatic heterocycles. The fraction of sp³-hybridized carbons (Fsp3) is 0.250. The molecule has 1 atom stereocenters. The molecule has 1 rings (SSSR count). The number of nitrogens with two attached hydrogens (primary N) is 1. The van der Waals surface area contributed by atoms with Gasteiger partial charge in [-0.1, -0.05) is 12.1 Å². The summed E-state index contributed by atoms with van der Waals surface area (Å²) >= 11 is 0. The topological polar surface area (TPSA) is 72.5 Å². The molecule has 0 unspecified atom stereocenters. The SMILES string of the molecule is C=CC[C@@H](N)c1ccc(OC(C)=O)c(O)c1. The number of rotatable bonds is 4. The van der Waals surface area contributed by atoms with Crippen molar-refractivity contribution in [1.82, 2.24) is 0 Å². The molecule has 0 radical (unpaired) electrons. The molecule has 0 aliphatic heterocycles. The summed E-state index contributed by atoms with van der Waals surface area (Å²) < 4.78 is 4.79. The molecule has 0 aliphatic rings. The van der Waals surface area contributed by atoms with E-state index in [0.717, 1.165) is 5.56 Å². The number of aromatic hydroxyl groups is 1. The summed E-state index contributed by atoms with van der Waals surface area (Å²) in [5.74, 6) is -0.423. The van der Waals surface area contributed by atoms with Crippen LogP contribution in [0, 0.1) is 0 Å². The molecule has 0 fully saturated rings. The van der Waals surface area contributed by atoms with Crippen LogP contribution in [0.4, 0.5) is 0 Å². The molecule has 0 aliphatic carbocycles. The zero-order valence-corrected chi connectivity index (χ0v) is 9.14. The summed E-state index contributed by atoms with van der Waals surface area (Å²) in [6, 6.07) is 4.52. The fourth-order valence-corrected chi connectivity index (χ4v) is 1.32. The van der Waals surface area contributed by atoms with Gasteiger partial charge in [0.15, 0.2) is 11.5 Å². The van der Waals surface area contributed by atoms with Crippen molar-refractivity contribution in [2.75, 3.05) is 0 Å². The highest BCUT2D eigenvalue weighted by Crippen LogP contribution is 2.29. The number of benzene rings is 1. The lowest BCUT2D eigenvalue weighted by Gasteiger charge is -2.11. The van der Waals surface area contributed by atoms with Crippen molar-refractivity contribution < 1.29 is 14.6 Å². The Balaban J connectivity index is 2.89. The van der Waals surface area contributed by atoms with Crippen molar-refractivity contribution in [2.45, 2.75) is 19.4 Å². The molecule has 0 amide bonds. The van der Waals surface area contributed by atoms with Crippen LogP contribution in [0.25, 0.3) is 0 Å². The first-order valence-electron chi connectivity index (χ1n) is 4.92. The van der Waals surface area contributed by atoms with E-state index in [1.165, 1.54) is 19.1 Å². The number of ether oxygens (including phenoxy) is 1. The molecule has 1 aromatic rings. The molecule has 4 heteroatoms. The van der Waals surface area contributed by atoms with Gasteiger partial charge >= 0.3 is 5.97 Å². The van der Waals surface area contributed by atoms with Crippen molar-refractivity contribution in [3.8, 4) is 11.5 Å². The van der Waals surface area contributed by atoms with Crippen LogP contribution < -0.4 is 10.5 Å². The summed E-state index contributed by atoms with van der Waals surface area (Å²) in [6.07, 6.45) is 2.33. The number of hydrogen-bond acceptors (Lipinski definition) is 4. The zero-order chi connectivity index (χ0) is 12.1. The van der Waals surface area contributed by atoms with Gasteiger partial charge in [-0.25, -0.2) is 0 Å². The van der Waals surface area contributed by atoms with Gasteiger partial charge in [0, 0.05) is 13.0 Å². The second kappa shape index (κ2) is 5.32. The first-order chi connectivity index (χ1) is 7.54. The van der Waals surface area contributed by atoms with Gasteiger partial charge < -0.3 is 15.6 Å². The summed E-state index contributed by atoms with van der Waals surface area (Å²) in [5, 5.41) is 9.60. The Bertz CT molecular complexity index is 401. The number of phenolic OH excluding ortho intramolecular Hbond substituents is 1. The lowest BCUT2D eigenvalue weighted by molar-refractivity contribution is -0.132. The molecule has 0 bridgehead atoms. The van der Waals surface area contributed by atoms with Crippen LogP contribution in [0.2, 0.25) is 0 Å². The third-order valence-electron chi connectivity index (χ3n) is 2.09. The maximum atomic E-state index is 10.7. The van der Waals surface area contributed by atoms with E-state index in [4.69, 9.17) is 10.5 Å². The van der Waals surface area contributed by atoms with E-state index in [1.807, 2.05) is 0 Å².